The van der Waals surface area contributed by atoms with Gasteiger partial charge in [0.15, 0.2) is 5.82 Å². The molecular weight excluding hydrogens is 388 g/mol. The van der Waals surface area contributed by atoms with E-state index in [1.807, 2.05) is 4.68 Å². The van der Waals surface area contributed by atoms with Crippen LogP contribution in [-0.2, 0) is 10.8 Å². The molecule has 0 saturated heterocycles. The summed E-state index contributed by atoms with van der Waals surface area (Å²) in [4.78, 5) is 0. The summed E-state index contributed by atoms with van der Waals surface area (Å²) < 4.78 is 1.89. The zero-order valence-electron chi connectivity index (χ0n) is 18.9. The molecule has 30 heavy (non-hydrogen) atoms. The van der Waals surface area contributed by atoms with Crippen molar-refractivity contribution in [3.63, 3.8) is 0 Å². The summed E-state index contributed by atoms with van der Waals surface area (Å²) in [5.41, 5.74) is 6.13. The largest absolute Gasteiger partial charge is 0.213 e. The van der Waals surface area contributed by atoms with Gasteiger partial charge in [0.05, 0.1) is 11.0 Å². The Morgan fingerprint density at radius 1 is 0.733 bits per heavy atom. The highest BCUT2D eigenvalue weighted by Gasteiger charge is 2.27. The van der Waals surface area contributed by atoms with Crippen molar-refractivity contribution in [2.45, 2.75) is 69.7 Å². The van der Waals surface area contributed by atoms with Gasteiger partial charge in [-0.25, -0.2) is 0 Å². The summed E-state index contributed by atoms with van der Waals surface area (Å²) in [6.07, 6.45) is 0. The maximum absolute atomic E-state index is 4.98. The van der Waals surface area contributed by atoms with Gasteiger partial charge in [0.2, 0.25) is 5.16 Å². The summed E-state index contributed by atoms with van der Waals surface area (Å²) in [5.74, 6) is 0.786. The fourth-order valence-electron chi connectivity index (χ4n) is 3.56. The third kappa shape index (κ3) is 3.95. The maximum atomic E-state index is 4.98. The van der Waals surface area contributed by atoms with Crippen molar-refractivity contribution in [3.05, 3.63) is 65.2 Å². The molecule has 4 nitrogen and oxygen atoms in total. The van der Waals surface area contributed by atoms with Crippen LogP contribution in [0.15, 0.2) is 58.8 Å². The molecule has 156 valence electrons. The van der Waals surface area contributed by atoms with Crippen LogP contribution in [0.4, 0.5) is 0 Å². The zero-order valence-corrected chi connectivity index (χ0v) is 19.7. The third-order valence-corrected chi connectivity index (χ3v) is 6.59. The SMILES string of the molecule is C[C@H]1Sc2nnc(-c3ccc(C(C)(C)C)cc3)n2N=C1c1ccc(C(C)(C)C)cc1. The number of thioether (sulfide) groups is 1. The first kappa shape index (κ1) is 20.9. The Morgan fingerprint density at radius 3 is 1.73 bits per heavy atom. The van der Waals surface area contributed by atoms with E-state index in [-0.39, 0.29) is 16.1 Å². The van der Waals surface area contributed by atoms with E-state index < -0.39 is 0 Å². The molecule has 3 aromatic rings. The maximum Gasteiger partial charge on any atom is 0.213 e. The van der Waals surface area contributed by atoms with E-state index in [0.29, 0.717) is 0 Å². The Bertz CT molecular complexity index is 1080. The van der Waals surface area contributed by atoms with Crippen LogP contribution in [0.25, 0.3) is 11.4 Å². The second-order valence-electron chi connectivity index (χ2n) is 10.0. The summed E-state index contributed by atoms with van der Waals surface area (Å²) in [5, 5.41) is 14.9. The number of fused-ring (bicyclic) bond motifs is 1. The van der Waals surface area contributed by atoms with Crippen molar-refractivity contribution >= 4 is 17.5 Å². The fourth-order valence-corrected chi connectivity index (χ4v) is 4.49. The van der Waals surface area contributed by atoms with Crippen molar-refractivity contribution in [1.29, 1.82) is 0 Å². The van der Waals surface area contributed by atoms with Gasteiger partial charge in [0, 0.05) is 5.56 Å². The summed E-state index contributed by atoms with van der Waals surface area (Å²) in [6, 6.07) is 17.4. The number of rotatable bonds is 2. The number of hydrogen-bond acceptors (Lipinski definition) is 4. The molecule has 2 heterocycles. The zero-order chi connectivity index (χ0) is 21.7. The van der Waals surface area contributed by atoms with Crippen LogP contribution in [0.3, 0.4) is 0 Å². The van der Waals surface area contributed by atoms with Crippen LogP contribution < -0.4 is 0 Å². The van der Waals surface area contributed by atoms with Gasteiger partial charge < -0.3 is 0 Å². The van der Waals surface area contributed by atoms with E-state index in [4.69, 9.17) is 5.10 Å². The quantitative estimate of drug-likeness (QED) is 0.491. The summed E-state index contributed by atoms with van der Waals surface area (Å²) in [6.45, 7) is 15.6. The Balaban J connectivity index is 1.72. The molecule has 0 unspecified atom stereocenters. The predicted molar refractivity (Wildman–Crippen MR) is 127 cm³/mol. The lowest BCUT2D eigenvalue weighted by Crippen LogP contribution is -2.22. The minimum atomic E-state index is 0.124. The van der Waals surface area contributed by atoms with Crippen LogP contribution >= 0.6 is 11.8 Å². The highest BCUT2D eigenvalue weighted by Crippen LogP contribution is 2.34. The van der Waals surface area contributed by atoms with E-state index in [2.05, 4.69) is 107 Å². The molecule has 5 heteroatoms. The van der Waals surface area contributed by atoms with Gasteiger partial charge >= 0.3 is 0 Å². The van der Waals surface area contributed by atoms with Crippen molar-refractivity contribution in [1.82, 2.24) is 14.9 Å². The Labute approximate surface area is 183 Å². The highest BCUT2D eigenvalue weighted by atomic mass is 32.2. The minimum absolute atomic E-state index is 0.124. The number of benzene rings is 2. The first-order valence-corrected chi connectivity index (χ1v) is 11.3. The standard InChI is InChI=1S/C25H30N4S/c1-16-21(17-8-12-19(13-9-17)24(2,3)4)28-29-22(26-27-23(29)30-16)18-10-14-20(15-11-18)25(5,6)7/h8-16H,1-7H3/t16-/m1/s1. The van der Waals surface area contributed by atoms with Gasteiger partial charge in [0.1, 0.15) is 0 Å². The van der Waals surface area contributed by atoms with E-state index in [0.717, 1.165) is 27.8 Å². The molecule has 0 N–H and O–H groups in total. The molecule has 1 aromatic heterocycles. The number of aromatic nitrogens is 3. The predicted octanol–water partition coefficient (Wildman–Crippen LogP) is 6.29. The fraction of sp³-hybridized carbons (Fsp3) is 0.400. The normalized spacial score (nSPS) is 16.9. The molecule has 0 bridgehead atoms. The molecule has 0 radical (unpaired) electrons. The number of nitrogens with zero attached hydrogens (tertiary/aromatic N) is 4. The molecule has 0 spiro atoms. The van der Waals surface area contributed by atoms with Crippen LogP contribution in [0.5, 0.6) is 0 Å². The second-order valence-corrected chi connectivity index (χ2v) is 11.3. The molecular formula is C25H30N4S. The van der Waals surface area contributed by atoms with Crippen molar-refractivity contribution in [2.75, 3.05) is 0 Å². The molecule has 0 aliphatic carbocycles. The molecule has 2 aromatic carbocycles. The van der Waals surface area contributed by atoms with Crippen molar-refractivity contribution in [2.24, 2.45) is 5.10 Å². The van der Waals surface area contributed by atoms with Crippen molar-refractivity contribution in [3.8, 4) is 11.4 Å². The lowest BCUT2D eigenvalue weighted by molar-refractivity contribution is 0.590. The second kappa shape index (κ2) is 7.38. The van der Waals surface area contributed by atoms with E-state index in [9.17, 15) is 0 Å². The van der Waals surface area contributed by atoms with Crippen LogP contribution in [0.2, 0.25) is 0 Å². The minimum Gasteiger partial charge on any atom is -0.187 e. The molecule has 0 fully saturated rings. The van der Waals surface area contributed by atoms with Crippen LogP contribution in [0, 0.1) is 0 Å². The van der Waals surface area contributed by atoms with Gasteiger partial charge in [-0.05, 0) is 34.4 Å². The molecule has 4 rings (SSSR count). The molecule has 1 aliphatic rings. The average molecular weight is 419 g/mol. The Morgan fingerprint density at radius 2 is 1.23 bits per heavy atom. The highest BCUT2D eigenvalue weighted by molar-refractivity contribution is 8.00. The number of hydrogen-bond donors (Lipinski definition) is 0. The van der Waals surface area contributed by atoms with Crippen LogP contribution in [0.1, 0.15) is 65.2 Å². The van der Waals surface area contributed by atoms with Gasteiger partial charge in [0.25, 0.3) is 0 Å². The first-order valence-electron chi connectivity index (χ1n) is 10.5. The lowest BCUT2D eigenvalue weighted by atomic mass is 9.86. The van der Waals surface area contributed by atoms with Gasteiger partial charge in [-0.3, -0.25) is 0 Å². The summed E-state index contributed by atoms with van der Waals surface area (Å²) >= 11 is 1.71. The van der Waals surface area contributed by atoms with Gasteiger partial charge in [-0.15, -0.1) is 10.2 Å². The lowest BCUT2D eigenvalue weighted by Gasteiger charge is -2.22. The Kier molecular flexibility index (Phi) is 5.13. The third-order valence-electron chi connectivity index (χ3n) is 5.54. The Hall–Kier alpha value is -2.40. The molecule has 0 amide bonds. The van der Waals surface area contributed by atoms with E-state index in [1.54, 1.807) is 11.8 Å². The topological polar surface area (TPSA) is 43.1 Å². The molecule has 1 aliphatic heterocycles. The van der Waals surface area contributed by atoms with Gasteiger partial charge in [-0.1, -0.05) is 102 Å². The van der Waals surface area contributed by atoms with Gasteiger partial charge in [-0.2, -0.15) is 9.78 Å². The smallest absolute Gasteiger partial charge is 0.187 e. The summed E-state index contributed by atoms with van der Waals surface area (Å²) in [7, 11) is 0. The van der Waals surface area contributed by atoms with Crippen molar-refractivity contribution < 1.29 is 0 Å². The average Bonchev–Trinajstić information content (AvgIpc) is 3.09. The monoisotopic (exact) mass is 418 g/mol. The molecule has 1 atom stereocenters. The van der Waals surface area contributed by atoms with Crippen LogP contribution in [-0.4, -0.2) is 25.8 Å². The van der Waals surface area contributed by atoms with E-state index in [1.165, 1.54) is 11.1 Å². The molecule has 0 saturated carbocycles. The first-order chi connectivity index (χ1) is 14.0. The van der Waals surface area contributed by atoms with E-state index >= 15 is 0 Å².